The van der Waals surface area contributed by atoms with Crippen LogP contribution in [0.25, 0.3) is 22.0 Å². The van der Waals surface area contributed by atoms with Gasteiger partial charge >= 0.3 is 0 Å². The fourth-order valence-corrected chi connectivity index (χ4v) is 4.34. The summed E-state index contributed by atoms with van der Waals surface area (Å²) in [5.74, 6) is 4.24. The van der Waals surface area contributed by atoms with Crippen LogP contribution < -0.4 is 15.4 Å². The summed E-state index contributed by atoms with van der Waals surface area (Å²) in [7, 11) is 0.152. The van der Waals surface area contributed by atoms with E-state index in [1.165, 1.54) is 12.1 Å². The zero-order chi connectivity index (χ0) is 22.7. The quantitative estimate of drug-likeness (QED) is 0.442. The molecule has 0 bridgehead atoms. The van der Waals surface area contributed by atoms with Crippen molar-refractivity contribution in [3.63, 3.8) is 0 Å². The van der Waals surface area contributed by atoms with Gasteiger partial charge in [-0.05, 0) is 55.8 Å². The number of fused-ring (bicyclic) bond motifs is 1. The fourth-order valence-electron chi connectivity index (χ4n) is 3.82. The molecule has 1 aliphatic rings. The Bertz CT molecular complexity index is 1190. The van der Waals surface area contributed by atoms with Crippen LogP contribution in [-0.2, 0) is 0 Å². The van der Waals surface area contributed by atoms with Crippen LogP contribution in [-0.4, -0.2) is 44.5 Å². The predicted octanol–water partition coefficient (Wildman–Crippen LogP) is 4.84. The van der Waals surface area contributed by atoms with Crippen molar-refractivity contribution in [2.75, 3.05) is 25.5 Å². The molecule has 0 aliphatic carbocycles. The molecular formula is C25H29FN4OSi. The van der Waals surface area contributed by atoms with Crippen molar-refractivity contribution >= 4 is 24.7 Å². The SMILES string of the molecule is COc1cc(C#C[Si](C)(C)C)ccc1-c1nnc(N[C@@H]2CCCNC2)c2cc(F)ccc12. The van der Waals surface area contributed by atoms with Crippen molar-refractivity contribution in [2.24, 2.45) is 0 Å². The van der Waals surface area contributed by atoms with Gasteiger partial charge in [0.1, 0.15) is 25.3 Å². The zero-order valence-electron chi connectivity index (χ0n) is 19.1. The molecule has 7 heteroatoms. The number of nitrogens with zero attached hydrogens (tertiary/aromatic N) is 2. The molecule has 166 valence electrons. The monoisotopic (exact) mass is 448 g/mol. The lowest BCUT2D eigenvalue weighted by Crippen LogP contribution is -2.38. The lowest BCUT2D eigenvalue weighted by molar-refractivity contribution is 0.416. The van der Waals surface area contributed by atoms with Crippen LogP contribution in [0.3, 0.4) is 0 Å². The number of rotatable bonds is 4. The van der Waals surface area contributed by atoms with Crippen LogP contribution >= 0.6 is 0 Å². The molecule has 0 unspecified atom stereocenters. The van der Waals surface area contributed by atoms with Gasteiger partial charge in [-0.15, -0.1) is 15.7 Å². The van der Waals surface area contributed by atoms with Crippen molar-refractivity contribution in [3.05, 3.63) is 47.8 Å². The Morgan fingerprint density at radius 3 is 2.69 bits per heavy atom. The molecule has 2 heterocycles. The maximum Gasteiger partial charge on any atom is 0.156 e. The molecule has 0 amide bonds. The summed E-state index contributed by atoms with van der Waals surface area (Å²) in [5.41, 5.74) is 5.75. The highest BCUT2D eigenvalue weighted by Gasteiger charge is 2.19. The number of anilines is 1. The first-order chi connectivity index (χ1) is 15.3. The summed E-state index contributed by atoms with van der Waals surface area (Å²) < 4.78 is 19.9. The molecule has 0 saturated carbocycles. The van der Waals surface area contributed by atoms with E-state index in [0.717, 1.165) is 42.4 Å². The Balaban J connectivity index is 1.77. The van der Waals surface area contributed by atoms with Crippen molar-refractivity contribution in [3.8, 4) is 28.5 Å². The van der Waals surface area contributed by atoms with Crippen molar-refractivity contribution in [2.45, 2.75) is 38.5 Å². The van der Waals surface area contributed by atoms with Gasteiger partial charge in [0, 0.05) is 34.5 Å². The Labute approximate surface area is 189 Å². The van der Waals surface area contributed by atoms with Crippen LogP contribution in [0, 0.1) is 17.3 Å². The van der Waals surface area contributed by atoms with E-state index in [1.54, 1.807) is 13.2 Å². The number of nitrogens with one attached hydrogen (secondary N) is 2. The second-order valence-corrected chi connectivity index (χ2v) is 13.9. The van der Waals surface area contributed by atoms with E-state index in [9.17, 15) is 4.39 Å². The Kier molecular flexibility index (Phi) is 6.44. The van der Waals surface area contributed by atoms with Crippen LogP contribution in [0.2, 0.25) is 19.6 Å². The molecule has 32 heavy (non-hydrogen) atoms. The van der Waals surface area contributed by atoms with E-state index in [0.29, 0.717) is 22.6 Å². The van der Waals surface area contributed by atoms with Crippen molar-refractivity contribution < 1.29 is 9.13 Å². The third-order valence-electron chi connectivity index (χ3n) is 5.42. The predicted molar refractivity (Wildman–Crippen MR) is 131 cm³/mol. The first kappa shape index (κ1) is 22.2. The van der Waals surface area contributed by atoms with E-state index in [-0.39, 0.29) is 11.9 Å². The maximum absolute atomic E-state index is 14.2. The van der Waals surface area contributed by atoms with E-state index in [1.807, 2.05) is 18.2 Å². The molecule has 1 aromatic heterocycles. The van der Waals surface area contributed by atoms with Crippen LogP contribution in [0.5, 0.6) is 5.75 Å². The molecule has 1 fully saturated rings. The average molecular weight is 449 g/mol. The lowest BCUT2D eigenvalue weighted by atomic mass is 10.0. The number of hydrogen-bond donors (Lipinski definition) is 2. The Hall–Kier alpha value is -2.95. The second-order valence-electron chi connectivity index (χ2n) is 9.19. The van der Waals surface area contributed by atoms with Crippen LogP contribution in [0.4, 0.5) is 10.2 Å². The Morgan fingerprint density at radius 1 is 1.12 bits per heavy atom. The number of piperidine rings is 1. The van der Waals surface area contributed by atoms with Gasteiger partial charge < -0.3 is 15.4 Å². The molecule has 4 rings (SSSR count). The van der Waals surface area contributed by atoms with Gasteiger partial charge in [0.2, 0.25) is 0 Å². The van der Waals surface area contributed by atoms with Gasteiger partial charge in [-0.25, -0.2) is 4.39 Å². The molecule has 5 nitrogen and oxygen atoms in total. The maximum atomic E-state index is 14.2. The molecule has 0 spiro atoms. The third kappa shape index (κ3) is 5.09. The fraction of sp³-hybridized carbons (Fsp3) is 0.360. The molecule has 1 atom stereocenters. The number of aromatic nitrogens is 2. The molecule has 1 aliphatic heterocycles. The second kappa shape index (κ2) is 9.27. The molecule has 3 aromatic rings. The minimum Gasteiger partial charge on any atom is -0.496 e. The summed E-state index contributed by atoms with van der Waals surface area (Å²) in [6, 6.07) is 10.8. The summed E-state index contributed by atoms with van der Waals surface area (Å²) in [6.45, 7) is 8.52. The van der Waals surface area contributed by atoms with Crippen LogP contribution in [0.15, 0.2) is 36.4 Å². The molecule has 1 saturated heterocycles. The first-order valence-electron chi connectivity index (χ1n) is 11.0. The summed E-state index contributed by atoms with van der Waals surface area (Å²) in [5, 5.41) is 17.4. The van der Waals surface area contributed by atoms with E-state index >= 15 is 0 Å². The minimum atomic E-state index is -1.48. The highest BCUT2D eigenvalue weighted by molar-refractivity contribution is 6.83. The minimum absolute atomic E-state index is 0.245. The lowest BCUT2D eigenvalue weighted by Gasteiger charge is -2.24. The van der Waals surface area contributed by atoms with Gasteiger partial charge in [-0.2, -0.15) is 0 Å². The summed E-state index contributed by atoms with van der Waals surface area (Å²) in [6.07, 6.45) is 2.14. The number of ether oxygens (including phenoxy) is 1. The average Bonchev–Trinajstić information content (AvgIpc) is 2.78. The highest BCUT2D eigenvalue weighted by atomic mass is 28.3. The van der Waals surface area contributed by atoms with Gasteiger partial charge in [0.25, 0.3) is 0 Å². The number of methoxy groups -OCH3 is 1. The number of hydrogen-bond acceptors (Lipinski definition) is 5. The Morgan fingerprint density at radius 2 is 1.97 bits per heavy atom. The normalized spacial score (nSPS) is 16.3. The summed E-state index contributed by atoms with van der Waals surface area (Å²) in [4.78, 5) is 0. The largest absolute Gasteiger partial charge is 0.496 e. The van der Waals surface area contributed by atoms with Gasteiger partial charge in [0.05, 0.1) is 7.11 Å². The van der Waals surface area contributed by atoms with Gasteiger partial charge in [-0.3, -0.25) is 0 Å². The molecule has 0 radical (unpaired) electrons. The summed E-state index contributed by atoms with van der Waals surface area (Å²) >= 11 is 0. The standard InChI is InChI=1S/C25H29FN4OSi/c1-31-23-14-17(11-13-32(2,3)4)7-9-21(23)24-20-10-8-18(26)15-22(20)25(30-29-24)28-19-6-5-12-27-16-19/h7-10,14-15,19,27H,5-6,12,16H2,1-4H3,(H,28,30)/t19-/m1/s1. The van der Waals surface area contributed by atoms with E-state index in [2.05, 4.69) is 51.9 Å². The molecule has 2 N–H and O–H groups in total. The molecular weight excluding hydrogens is 419 g/mol. The van der Waals surface area contributed by atoms with Crippen LogP contribution in [0.1, 0.15) is 18.4 Å². The van der Waals surface area contributed by atoms with E-state index in [4.69, 9.17) is 4.74 Å². The highest BCUT2D eigenvalue weighted by Crippen LogP contribution is 2.36. The topological polar surface area (TPSA) is 59.1 Å². The molecule has 2 aromatic carbocycles. The number of halogens is 1. The smallest absolute Gasteiger partial charge is 0.156 e. The zero-order valence-corrected chi connectivity index (χ0v) is 20.1. The number of benzene rings is 2. The van der Waals surface area contributed by atoms with E-state index < -0.39 is 8.07 Å². The van der Waals surface area contributed by atoms with Gasteiger partial charge in [0.15, 0.2) is 5.82 Å². The third-order valence-corrected chi connectivity index (χ3v) is 6.29. The first-order valence-corrected chi connectivity index (χ1v) is 14.5. The van der Waals surface area contributed by atoms with Crippen molar-refractivity contribution in [1.29, 1.82) is 0 Å². The van der Waals surface area contributed by atoms with Crippen molar-refractivity contribution in [1.82, 2.24) is 15.5 Å². The van der Waals surface area contributed by atoms with Gasteiger partial charge in [-0.1, -0.05) is 25.6 Å².